The molecule has 2 N–H and O–H groups in total. The van der Waals surface area contributed by atoms with Crippen molar-refractivity contribution in [2.75, 3.05) is 12.4 Å². The Kier molecular flexibility index (Phi) is 4.86. The Hall–Kier alpha value is -2.11. The first-order valence-electron chi connectivity index (χ1n) is 6.05. The first-order chi connectivity index (χ1) is 8.82. The van der Waals surface area contributed by atoms with E-state index in [1.165, 1.54) is 18.5 Å². The fourth-order valence-corrected chi connectivity index (χ4v) is 1.47. The van der Waals surface area contributed by atoms with Crippen LogP contribution in [0.1, 0.15) is 31.1 Å². The molecule has 2 amide bonds. The number of nitrogens with zero attached hydrogens (tertiary/aromatic N) is 2. The second-order valence-electron chi connectivity index (χ2n) is 4.79. The zero-order chi connectivity index (χ0) is 14.6. The highest BCUT2D eigenvalue weighted by atomic mass is 16.4. The number of urea groups is 1. The van der Waals surface area contributed by atoms with Gasteiger partial charge in [-0.3, -0.25) is 4.98 Å². The van der Waals surface area contributed by atoms with Gasteiger partial charge in [-0.1, -0.05) is 13.8 Å². The molecule has 0 fully saturated rings. The number of hydrogen-bond acceptors (Lipinski definition) is 3. The summed E-state index contributed by atoms with van der Waals surface area (Å²) in [5, 5.41) is 11.5. The van der Waals surface area contributed by atoms with Crippen molar-refractivity contribution in [2.45, 2.75) is 26.8 Å². The Morgan fingerprint density at radius 3 is 2.47 bits per heavy atom. The minimum absolute atomic E-state index is 0.0392. The summed E-state index contributed by atoms with van der Waals surface area (Å²) in [7, 11) is 1.70. The third kappa shape index (κ3) is 3.94. The summed E-state index contributed by atoms with van der Waals surface area (Å²) >= 11 is 0. The van der Waals surface area contributed by atoms with E-state index in [-0.39, 0.29) is 17.6 Å². The number of carbonyl (C=O) groups excluding carboxylic acids is 1. The van der Waals surface area contributed by atoms with Crippen molar-refractivity contribution in [3.05, 3.63) is 24.0 Å². The van der Waals surface area contributed by atoms with Gasteiger partial charge in [0.2, 0.25) is 0 Å². The topological polar surface area (TPSA) is 82.5 Å². The van der Waals surface area contributed by atoms with Crippen molar-refractivity contribution in [1.29, 1.82) is 0 Å². The number of pyridine rings is 1. The summed E-state index contributed by atoms with van der Waals surface area (Å²) in [4.78, 5) is 28.2. The van der Waals surface area contributed by atoms with E-state index in [9.17, 15) is 9.59 Å². The zero-order valence-electron chi connectivity index (χ0n) is 11.5. The van der Waals surface area contributed by atoms with Gasteiger partial charge in [-0.25, -0.2) is 9.59 Å². The van der Waals surface area contributed by atoms with Gasteiger partial charge in [0.05, 0.1) is 17.4 Å². The second kappa shape index (κ2) is 6.17. The quantitative estimate of drug-likeness (QED) is 0.875. The maximum absolute atomic E-state index is 12.0. The summed E-state index contributed by atoms with van der Waals surface area (Å²) in [5.41, 5.74) is 0.407. The Morgan fingerprint density at radius 1 is 1.32 bits per heavy atom. The van der Waals surface area contributed by atoms with Gasteiger partial charge in [0.25, 0.3) is 0 Å². The Labute approximate surface area is 112 Å². The minimum atomic E-state index is -1.08. The van der Waals surface area contributed by atoms with E-state index in [2.05, 4.69) is 10.3 Å². The van der Waals surface area contributed by atoms with Crippen molar-refractivity contribution < 1.29 is 14.7 Å². The molecule has 0 radical (unpaired) electrons. The van der Waals surface area contributed by atoms with Crippen molar-refractivity contribution in [1.82, 2.24) is 9.88 Å². The summed E-state index contributed by atoms with van der Waals surface area (Å²) in [6, 6.07) is 1.17. The molecule has 0 aliphatic carbocycles. The smallest absolute Gasteiger partial charge is 0.337 e. The molecule has 0 aliphatic heterocycles. The van der Waals surface area contributed by atoms with Gasteiger partial charge in [0.15, 0.2) is 0 Å². The molecule has 0 bridgehead atoms. The number of nitrogens with one attached hydrogen (secondary N) is 1. The lowest BCUT2D eigenvalue weighted by Gasteiger charge is -2.28. The van der Waals surface area contributed by atoms with Crippen LogP contribution in [0.15, 0.2) is 18.5 Å². The molecule has 0 saturated carbocycles. The summed E-state index contributed by atoms with van der Waals surface area (Å²) in [5.74, 6) is -0.744. The normalized spacial score (nSPS) is 12.1. The van der Waals surface area contributed by atoms with Crippen LogP contribution in [0.5, 0.6) is 0 Å². The lowest BCUT2D eigenvalue weighted by molar-refractivity contribution is 0.0696. The summed E-state index contributed by atoms with van der Waals surface area (Å²) in [6.07, 6.45) is 2.65. The molecule has 104 valence electrons. The number of aromatic nitrogens is 1. The van der Waals surface area contributed by atoms with E-state index in [1.54, 1.807) is 11.9 Å². The van der Waals surface area contributed by atoms with E-state index >= 15 is 0 Å². The van der Waals surface area contributed by atoms with Crippen LogP contribution in [0.25, 0.3) is 0 Å². The highest BCUT2D eigenvalue weighted by Gasteiger charge is 2.18. The molecule has 1 rings (SSSR count). The molecule has 1 unspecified atom stereocenters. The fraction of sp³-hybridized carbons (Fsp3) is 0.462. The monoisotopic (exact) mass is 265 g/mol. The van der Waals surface area contributed by atoms with E-state index in [0.29, 0.717) is 11.6 Å². The largest absolute Gasteiger partial charge is 0.478 e. The van der Waals surface area contributed by atoms with E-state index in [4.69, 9.17) is 5.11 Å². The second-order valence-corrected chi connectivity index (χ2v) is 4.79. The van der Waals surface area contributed by atoms with Crippen molar-refractivity contribution in [3.63, 3.8) is 0 Å². The van der Waals surface area contributed by atoms with E-state index in [0.717, 1.165) is 0 Å². The number of carboxylic acids is 1. The number of carboxylic acid groups (broad SMARTS) is 1. The number of anilines is 1. The Morgan fingerprint density at radius 2 is 1.95 bits per heavy atom. The van der Waals surface area contributed by atoms with Gasteiger partial charge in [-0.05, 0) is 18.9 Å². The molecule has 1 aromatic rings. The molecule has 1 atom stereocenters. The molecule has 0 saturated heterocycles. The number of rotatable bonds is 4. The van der Waals surface area contributed by atoms with Crippen molar-refractivity contribution >= 4 is 17.7 Å². The first-order valence-corrected chi connectivity index (χ1v) is 6.05. The molecule has 19 heavy (non-hydrogen) atoms. The van der Waals surface area contributed by atoms with Gasteiger partial charge in [-0.15, -0.1) is 0 Å². The van der Waals surface area contributed by atoms with E-state index < -0.39 is 5.97 Å². The molecular weight excluding hydrogens is 246 g/mol. The summed E-state index contributed by atoms with van der Waals surface area (Å²) in [6.45, 7) is 6.01. The predicted molar refractivity (Wildman–Crippen MR) is 72.3 cm³/mol. The van der Waals surface area contributed by atoms with Crippen molar-refractivity contribution in [3.8, 4) is 0 Å². The molecule has 1 heterocycles. The SMILES string of the molecule is CC(C)C(C)N(C)C(=O)Nc1cncc(C(=O)O)c1. The molecule has 0 spiro atoms. The lowest BCUT2D eigenvalue weighted by atomic mass is 10.1. The van der Waals surface area contributed by atoms with E-state index in [1.807, 2.05) is 20.8 Å². The number of hydrogen-bond donors (Lipinski definition) is 2. The van der Waals surface area contributed by atoms with Crippen LogP contribution in [0.2, 0.25) is 0 Å². The standard InChI is InChI=1S/C13H19N3O3/c1-8(2)9(3)16(4)13(19)15-11-5-10(12(17)18)6-14-7-11/h5-9H,1-4H3,(H,15,19)(H,17,18). The van der Waals surface area contributed by atoms with Crippen LogP contribution in [0.3, 0.4) is 0 Å². The Bertz CT molecular complexity index is 474. The average molecular weight is 265 g/mol. The molecule has 6 nitrogen and oxygen atoms in total. The molecule has 0 aromatic carbocycles. The third-order valence-corrected chi connectivity index (χ3v) is 3.13. The van der Waals surface area contributed by atoms with Crippen LogP contribution in [-0.4, -0.2) is 40.1 Å². The predicted octanol–water partition coefficient (Wildman–Crippen LogP) is 2.29. The van der Waals surface area contributed by atoms with Gasteiger partial charge in [0, 0.05) is 19.3 Å². The number of aromatic carboxylic acids is 1. The molecule has 1 aromatic heterocycles. The van der Waals surface area contributed by atoms with Crippen LogP contribution >= 0.6 is 0 Å². The summed E-state index contributed by atoms with van der Waals surface area (Å²) < 4.78 is 0. The molecule has 6 heteroatoms. The highest BCUT2D eigenvalue weighted by molar-refractivity contribution is 5.92. The Balaban J connectivity index is 2.77. The van der Waals surface area contributed by atoms with Crippen LogP contribution in [-0.2, 0) is 0 Å². The lowest BCUT2D eigenvalue weighted by Crippen LogP contribution is -2.40. The average Bonchev–Trinajstić information content (AvgIpc) is 2.37. The highest BCUT2D eigenvalue weighted by Crippen LogP contribution is 2.12. The number of amides is 2. The van der Waals surface area contributed by atoms with Gasteiger partial charge < -0.3 is 15.3 Å². The van der Waals surface area contributed by atoms with Crippen LogP contribution < -0.4 is 5.32 Å². The zero-order valence-corrected chi connectivity index (χ0v) is 11.5. The maximum Gasteiger partial charge on any atom is 0.337 e. The van der Waals surface area contributed by atoms with Crippen molar-refractivity contribution in [2.24, 2.45) is 5.92 Å². The van der Waals surface area contributed by atoms with Gasteiger partial charge in [-0.2, -0.15) is 0 Å². The fourth-order valence-electron chi connectivity index (χ4n) is 1.47. The van der Waals surface area contributed by atoms with Crippen LogP contribution in [0, 0.1) is 5.92 Å². The third-order valence-electron chi connectivity index (χ3n) is 3.13. The molecular formula is C13H19N3O3. The molecule has 0 aliphatic rings. The maximum atomic E-state index is 12.0. The minimum Gasteiger partial charge on any atom is -0.478 e. The number of carbonyl (C=O) groups is 2. The van der Waals surface area contributed by atoms with Gasteiger partial charge in [0.1, 0.15) is 0 Å². The van der Waals surface area contributed by atoms with Gasteiger partial charge >= 0.3 is 12.0 Å². The first kappa shape index (κ1) is 14.9. The van der Waals surface area contributed by atoms with Crippen LogP contribution in [0.4, 0.5) is 10.5 Å².